The third-order valence-electron chi connectivity index (χ3n) is 3.97. The van der Waals surface area contributed by atoms with E-state index < -0.39 is 0 Å². The molecule has 0 bridgehead atoms. The van der Waals surface area contributed by atoms with Gasteiger partial charge in [0.2, 0.25) is 5.78 Å². The van der Waals surface area contributed by atoms with Gasteiger partial charge in [-0.3, -0.25) is 4.79 Å². The second kappa shape index (κ2) is 5.70. The zero-order valence-corrected chi connectivity index (χ0v) is 13.0. The number of aromatic nitrogens is 4. The first kappa shape index (κ1) is 14.3. The zero-order chi connectivity index (χ0) is 16.5. The van der Waals surface area contributed by atoms with Gasteiger partial charge in [0.05, 0.1) is 17.3 Å². The predicted octanol–water partition coefficient (Wildman–Crippen LogP) is 3.35. The topological polar surface area (TPSA) is 60.7 Å². The summed E-state index contributed by atoms with van der Waals surface area (Å²) in [6.45, 7) is 1.92. The number of hydrogen-bond acceptors (Lipinski definition) is 4. The molecule has 5 nitrogen and oxygen atoms in total. The van der Waals surface area contributed by atoms with Gasteiger partial charge < -0.3 is 0 Å². The van der Waals surface area contributed by atoms with Crippen molar-refractivity contribution in [2.75, 3.05) is 0 Å². The summed E-state index contributed by atoms with van der Waals surface area (Å²) in [7, 11) is 0. The smallest absolute Gasteiger partial charge is 0.212 e. The van der Waals surface area contributed by atoms with Crippen LogP contribution in [0.15, 0.2) is 67.1 Å². The Hall–Kier alpha value is -3.34. The monoisotopic (exact) mass is 314 g/mol. The Bertz CT molecular complexity index is 1040. The van der Waals surface area contributed by atoms with Gasteiger partial charge in [0.15, 0.2) is 5.65 Å². The highest BCUT2D eigenvalue weighted by atomic mass is 16.1. The minimum Gasteiger partial charge on any atom is -0.287 e. The summed E-state index contributed by atoms with van der Waals surface area (Å²) in [6, 6.07) is 17.2. The standard InChI is InChI=1S/C19H14N4O/c1-13-7-5-6-10-15(13)18(24)17-16-11-22-23(19(16)21-12-20-17)14-8-3-2-4-9-14/h2-12H,1H3. The number of fused-ring (bicyclic) bond motifs is 1. The number of para-hydroxylation sites is 1. The van der Waals surface area contributed by atoms with Crippen LogP contribution in [-0.4, -0.2) is 25.5 Å². The summed E-state index contributed by atoms with van der Waals surface area (Å²) < 4.78 is 1.71. The quantitative estimate of drug-likeness (QED) is 0.544. The van der Waals surface area contributed by atoms with Crippen molar-refractivity contribution in [2.24, 2.45) is 0 Å². The molecule has 2 aromatic heterocycles. The van der Waals surface area contributed by atoms with Crippen LogP contribution >= 0.6 is 0 Å². The van der Waals surface area contributed by atoms with E-state index in [-0.39, 0.29) is 5.78 Å². The van der Waals surface area contributed by atoms with Crippen LogP contribution in [0.4, 0.5) is 0 Å². The molecule has 4 aromatic rings. The van der Waals surface area contributed by atoms with E-state index in [1.54, 1.807) is 10.9 Å². The van der Waals surface area contributed by atoms with Crippen LogP contribution in [-0.2, 0) is 0 Å². The molecule has 0 aliphatic rings. The van der Waals surface area contributed by atoms with E-state index in [1.807, 2.05) is 61.5 Å². The molecule has 4 rings (SSSR count). The molecule has 0 spiro atoms. The van der Waals surface area contributed by atoms with Crippen molar-refractivity contribution in [3.8, 4) is 5.69 Å². The lowest BCUT2D eigenvalue weighted by Crippen LogP contribution is -2.07. The molecular formula is C19H14N4O. The average Bonchev–Trinajstić information content (AvgIpc) is 3.06. The summed E-state index contributed by atoms with van der Waals surface area (Å²) in [5.41, 5.74) is 3.44. The van der Waals surface area contributed by atoms with Crippen molar-refractivity contribution < 1.29 is 4.79 Å². The van der Waals surface area contributed by atoms with Gasteiger partial charge in [-0.15, -0.1) is 0 Å². The largest absolute Gasteiger partial charge is 0.287 e. The van der Waals surface area contributed by atoms with E-state index in [0.717, 1.165) is 11.3 Å². The fourth-order valence-electron chi connectivity index (χ4n) is 2.74. The maximum Gasteiger partial charge on any atom is 0.212 e. The summed E-state index contributed by atoms with van der Waals surface area (Å²) in [5, 5.41) is 5.03. The Morgan fingerprint density at radius 2 is 1.71 bits per heavy atom. The van der Waals surface area contributed by atoms with Gasteiger partial charge in [0.25, 0.3) is 0 Å². The Morgan fingerprint density at radius 1 is 0.958 bits per heavy atom. The summed E-state index contributed by atoms with van der Waals surface area (Å²) in [4.78, 5) is 21.4. The van der Waals surface area contributed by atoms with Gasteiger partial charge in [-0.05, 0) is 24.6 Å². The van der Waals surface area contributed by atoms with E-state index in [2.05, 4.69) is 15.1 Å². The van der Waals surface area contributed by atoms with Crippen LogP contribution < -0.4 is 0 Å². The van der Waals surface area contributed by atoms with Gasteiger partial charge in [-0.25, -0.2) is 14.6 Å². The van der Waals surface area contributed by atoms with E-state index in [4.69, 9.17) is 0 Å². The van der Waals surface area contributed by atoms with E-state index in [1.165, 1.54) is 6.33 Å². The zero-order valence-electron chi connectivity index (χ0n) is 13.0. The first-order valence-corrected chi connectivity index (χ1v) is 7.60. The van der Waals surface area contributed by atoms with Crippen molar-refractivity contribution in [2.45, 2.75) is 6.92 Å². The Balaban J connectivity index is 1.88. The van der Waals surface area contributed by atoms with Crippen molar-refractivity contribution in [1.29, 1.82) is 0 Å². The van der Waals surface area contributed by atoms with E-state index in [0.29, 0.717) is 22.3 Å². The van der Waals surface area contributed by atoms with E-state index in [9.17, 15) is 4.79 Å². The fourth-order valence-corrected chi connectivity index (χ4v) is 2.74. The van der Waals surface area contributed by atoms with Gasteiger partial charge in [-0.2, -0.15) is 5.10 Å². The molecule has 0 aliphatic heterocycles. The molecule has 0 radical (unpaired) electrons. The lowest BCUT2D eigenvalue weighted by Gasteiger charge is -2.05. The third-order valence-corrected chi connectivity index (χ3v) is 3.97. The highest BCUT2D eigenvalue weighted by Crippen LogP contribution is 2.21. The number of ketones is 1. The molecule has 0 atom stereocenters. The molecule has 0 N–H and O–H groups in total. The number of hydrogen-bond donors (Lipinski definition) is 0. The average molecular weight is 314 g/mol. The lowest BCUT2D eigenvalue weighted by atomic mass is 10.0. The van der Waals surface area contributed by atoms with Gasteiger partial charge in [0.1, 0.15) is 12.0 Å². The second-order valence-corrected chi connectivity index (χ2v) is 5.50. The Labute approximate surface area is 138 Å². The minimum absolute atomic E-state index is 0.117. The minimum atomic E-state index is -0.117. The van der Waals surface area contributed by atoms with E-state index >= 15 is 0 Å². The Morgan fingerprint density at radius 3 is 2.50 bits per heavy atom. The first-order valence-electron chi connectivity index (χ1n) is 7.60. The third kappa shape index (κ3) is 2.27. The molecule has 2 aromatic carbocycles. The molecule has 0 saturated heterocycles. The van der Waals surface area contributed by atoms with Crippen LogP contribution in [0.5, 0.6) is 0 Å². The molecule has 0 saturated carbocycles. The molecule has 24 heavy (non-hydrogen) atoms. The molecular weight excluding hydrogens is 300 g/mol. The number of aryl methyl sites for hydroxylation is 1. The van der Waals surface area contributed by atoms with Gasteiger partial charge in [0, 0.05) is 5.56 Å². The van der Waals surface area contributed by atoms with Crippen molar-refractivity contribution in [1.82, 2.24) is 19.7 Å². The summed E-state index contributed by atoms with van der Waals surface area (Å²) in [6.07, 6.45) is 3.06. The van der Waals surface area contributed by atoms with Crippen LogP contribution in [0.1, 0.15) is 21.6 Å². The highest BCUT2D eigenvalue weighted by molar-refractivity contribution is 6.14. The highest BCUT2D eigenvalue weighted by Gasteiger charge is 2.19. The summed E-state index contributed by atoms with van der Waals surface area (Å²) >= 11 is 0. The summed E-state index contributed by atoms with van der Waals surface area (Å²) in [5.74, 6) is -0.117. The molecule has 0 fully saturated rings. The number of benzene rings is 2. The maximum atomic E-state index is 12.9. The maximum absolute atomic E-state index is 12.9. The molecule has 0 aliphatic carbocycles. The molecule has 0 amide bonds. The van der Waals surface area contributed by atoms with Gasteiger partial charge in [-0.1, -0.05) is 42.5 Å². The molecule has 116 valence electrons. The Kier molecular flexibility index (Phi) is 3.39. The molecule has 5 heteroatoms. The number of carbonyl (C=O) groups is 1. The van der Waals surface area contributed by atoms with Crippen LogP contribution in [0.2, 0.25) is 0 Å². The van der Waals surface area contributed by atoms with Crippen molar-refractivity contribution >= 4 is 16.8 Å². The van der Waals surface area contributed by atoms with Crippen LogP contribution in [0.25, 0.3) is 16.7 Å². The SMILES string of the molecule is Cc1ccccc1C(=O)c1ncnc2c1cnn2-c1ccccc1. The van der Waals surface area contributed by atoms with Crippen LogP contribution in [0, 0.1) is 6.92 Å². The predicted molar refractivity (Wildman–Crippen MR) is 91.3 cm³/mol. The normalized spacial score (nSPS) is 10.9. The lowest BCUT2D eigenvalue weighted by molar-refractivity contribution is 0.103. The molecule has 0 unspecified atom stereocenters. The van der Waals surface area contributed by atoms with Crippen molar-refractivity contribution in [3.05, 3.63) is 83.9 Å². The number of rotatable bonds is 3. The first-order chi connectivity index (χ1) is 11.8. The molecule has 2 heterocycles. The van der Waals surface area contributed by atoms with Crippen LogP contribution in [0.3, 0.4) is 0 Å². The number of nitrogens with zero attached hydrogens (tertiary/aromatic N) is 4. The van der Waals surface area contributed by atoms with Crippen molar-refractivity contribution in [3.63, 3.8) is 0 Å². The van der Waals surface area contributed by atoms with Gasteiger partial charge >= 0.3 is 0 Å². The second-order valence-electron chi connectivity index (χ2n) is 5.50. The fraction of sp³-hybridized carbons (Fsp3) is 0.0526. The number of carbonyl (C=O) groups excluding carboxylic acids is 1.